The van der Waals surface area contributed by atoms with Crippen LogP contribution in [-0.4, -0.2) is 29.3 Å². The molecular formula is C6H8BNO4. The maximum absolute atomic E-state index is 10.7. The topological polar surface area (TPSA) is 82.6 Å². The second kappa shape index (κ2) is 3.42. The first-order valence-electron chi connectivity index (χ1n) is 3.28. The Bertz CT molecular complexity index is 322. The Balaban J connectivity index is 3.20. The molecule has 6 heteroatoms. The highest BCUT2D eigenvalue weighted by Crippen LogP contribution is 2.00. The van der Waals surface area contributed by atoms with Crippen LogP contribution in [0.1, 0.15) is 0 Å². The molecule has 0 aliphatic carbocycles. The van der Waals surface area contributed by atoms with Gasteiger partial charge in [0.1, 0.15) is 5.75 Å². The lowest BCUT2D eigenvalue weighted by Gasteiger charge is -2.04. The van der Waals surface area contributed by atoms with Crippen LogP contribution in [0.2, 0.25) is 0 Å². The number of H-pyrrole nitrogens is 1. The number of hydrogen-bond acceptors (Lipinski definition) is 4. The summed E-state index contributed by atoms with van der Waals surface area (Å²) in [5.74, 6) is 0.161. The van der Waals surface area contributed by atoms with E-state index in [-0.39, 0.29) is 16.8 Å². The van der Waals surface area contributed by atoms with E-state index >= 15 is 0 Å². The molecule has 0 aliphatic rings. The number of aromatic nitrogens is 1. The van der Waals surface area contributed by atoms with Crippen molar-refractivity contribution in [3.63, 3.8) is 0 Å². The number of pyridine rings is 1. The standard InChI is InChI=1S/C6H8BNO4/c1-12-5-2-6(9)8-3-4(5)7(10)11/h2-3,10-11H,1H3,(H,8,9). The number of aromatic amines is 1. The Labute approximate surface area is 68.8 Å². The van der Waals surface area contributed by atoms with Gasteiger partial charge in [-0.25, -0.2) is 0 Å². The van der Waals surface area contributed by atoms with E-state index in [1.54, 1.807) is 0 Å². The van der Waals surface area contributed by atoms with Crippen LogP contribution in [0.5, 0.6) is 5.75 Å². The van der Waals surface area contributed by atoms with E-state index in [9.17, 15) is 4.79 Å². The number of nitrogens with one attached hydrogen (secondary N) is 1. The lowest BCUT2D eigenvalue weighted by atomic mass is 9.81. The van der Waals surface area contributed by atoms with Crippen molar-refractivity contribution in [3.8, 4) is 5.75 Å². The third-order valence-electron chi connectivity index (χ3n) is 1.41. The third-order valence-corrected chi connectivity index (χ3v) is 1.41. The molecule has 0 bridgehead atoms. The molecule has 1 heterocycles. The zero-order valence-corrected chi connectivity index (χ0v) is 6.44. The summed E-state index contributed by atoms with van der Waals surface area (Å²) in [6.07, 6.45) is 1.20. The van der Waals surface area contributed by atoms with Crippen molar-refractivity contribution in [1.29, 1.82) is 0 Å². The number of methoxy groups -OCH3 is 1. The van der Waals surface area contributed by atoms with Gasteiger partial charge in [0.2, 0.25) is 0 Å². The van der Waals surface area contributed by atoms with Crippen LogP contribution in [0.15, 0.2) is 17.1 Å². The summed E-state index contributed by atoms with van der Waals surface area (Å²) in [4.78, 5) is 13.0. The minimum atomic E-state index is -1.64. The van der Waals surface area contributed by atoms with E-state index in [0.717, 1.165) is 6.07 Å². The van der Waals surface area contributed by atoms with Crippen LogP contribution in [-0.2, 0) is 0 Å². The molecule has 0 fully saturated rings. The van der Waals surface area contributed by atoms with Gasteiger partial charge in [-0.05, 0) is 0 Å². The quantitative estimate of drug-likeness (QED) is 0.450. The van der Waals surface area contributed by atoms with Crippen LogP contribution >= 0.6 is 0 Å². The molecule has 3 N–H and O–H groups in total. The van der Waals surface area contributed by atoms with Crippen molar-refractivity contribution in [2.45, 2.75) is 0 Å². The molecule has 0 amide bonds. The van der Waals surface area contributed by atoms with E-state index in [0.29, 0.717) is 0 Å². The lowest BCUT2D eigenvalue weighted by molar-refractivity contribution is 0.402. The molecule has 0 aliphatic heterocycles. The maximum atomic E-state index is 10.7. The first kappa shape index (κ1) is 8.83. The summed E-state index contributed by atoms with van der Waals surface area (Å²) in [5, 5.41) is 17.6. The highest BCUT2D eigenvalue weighted by atomic mass is 16.5. The normalized spacial score (nSPS) is 9.58. The molecule has 12 heavy (non-hydrogen) atoms. The van der Waals surface area contributed by atoms with E-state index in [1.807, 2.05) is 0 Å². The fourth-order valence-corrected chi connectivity index (χ4v) is 0.843. The maximum Gasteiger partial charge on any atom is 0.493 e. The molecule has 1 aromatic heterocycles. The molecule has 0 aromatic carbocycles. The second-order valence-electron chi connectivity index (χ2n) is 2.19. The minimum absolute atomic E-state index is 0.136. The Hall–Kier alpha value is -1.27. The zero-order chi connectivity index (χ0) is 9.14. The van der Waals surface area contributed by atoms with Crippen molar-refractivity contribution < 1.29 is 14.8 Å². The Kier molecular flexibility index (Phi) is 2.52. The molecule has 0 unspecified atom stereocenters. The van der Waals surface area contributed by atoms with Gasteiger partial charge in [0.15, 0.2) is 0 Å². The number of ether oxygens (including phenoxy) is 1. The van der Waals surface area contributed by atoms with Crippen LogP contribution < -0.4 is 15.8 Å². The number of hydrogen-bond donors (Lipinski definition) is 3. The van der Waals surface area contributed by atoms with E-state index in [2.05, 4.69) is 4.98 Å². The largest absolute Gasteiger partial charge is 0.497 e. The smallest absolute Gasteiger partial charge is 0.493 e. The highest BCUT2D eigenvalue weighted by molar-refractivity contribution is 6.59. The number of rotatable bonds is 2. The van der Waals surface area contributed by atoms with Crippen LogP contribution in [0.4, 0.5) is 0 Å². The molecule has 5 nitrogen and oxygen atoms in total. The van der Waals surface area contributed by atoms with Crippen molar-refractivity contribution in [3.05, 3.63) is 22.6 Å². The third kappa shape index (κ3) is 1.66. The first-order chi connectivity index (χ1) is 5.65. The molecule has 0 saturated heterocycles. The van der Waals surface area contributed by atoms with Crippen molar-refractivity contribution >= 4 is 12.6 Å². The summed E-state index contributed by atoms with van der Waals surface area (Å²) >= 11 is 0. The van der Waals surface area contributed by atoms with Gasteiger partial charge in [0, 0.05) is 17.7 Å². The van der Waals surface area contributed by atoms with E-state index in [4.69, 9.17) is 14.8 Å². The molecule has 0 radical (unpaired) electrons. The molecule has 64 valence electrons. The molecule has 0 saturated carbocycles. The van der Waals surface area contributed by atoms with Crippen molar-refractivity contribution in [1.82, 2.24) is 4.98 Å². The average molecular weight is 169 g/mol. The molecule has 1 rings (SSSR count). The molecule has 0 atom stereocenters. The lowest BCUT2D eigenvalue weighted by Crippen LogP contribution is -2.33. The first-order valence-corrected chi connectivity index (χ1v) is 3.28. The minimum Gasteiger partial charge on any atom is -0.497 e. The van der Waals surface area contributed by atoms with Crippen LogP contribution in [0.25, 0.3) is 0 Å². The van der Waals surface area contributed by atoms with Gasteiger partial charge in [0.25, 0.3) is 5.56 Å². The van der Waals surface area contributed by atoms with E-state index in [1.165, 1.54) is 13.3 Å². The van der Waals surface area contributed by atoms with Gasteiger partial charge in [-0.15, -0.1) is 0 Å². The summed E-state index contributed by atoms with van der Waals surface area (Å²) in [5.41, 5.74) is -0.214. The predicted octanol–water partition coefficient (Wildman–Crippen LogP) is -1.94. The fourth-order valence-electron chi connectivity index (χ4n) is 0.843. The van der Waals surface area contributed by atoms with Crippen molar-refractivity contribution in [2.24, 2.45) is 0 Å². The average Bonchev–Trinajstić information content (AvgIpc) is 2.03. The van der Waals surface area contributed by atoms with E-state index < -0.39 is 7.12 Å². The monoisotopic (exact) mass is 169 g/mol. The Morgan fingerprint density at radius 2 is 2.25 bits per heavy atom. The second-order valence-corrected chi connectivity index (χ2v) is 2.19. The fraction of sp³-hybridized carbons (Fsp3) is 0.167. The summed E-state index contributed by atoms with van der Waals surface area (Å²) in [7, 11) is -0.294. The summed E-state index contributed by atoms with van der Waals surface area (Å²) < 4.78 is 4.75. The van der Waals surface area contributed by atoms with Gasteiger partial charge in [0.05, 0.1) is 7.11 Å². The van der Waals surface area contributed by atoms with Gasteiger partial charge in [-0.1, -0.05) is 0 Å². The molecule has 1 aromatic rings. The van der Waals surface area contributed by atoms with Gasteiger partial charge >= 0.3 is 7.12 Å². The SMILES string of the molecule is COc1cc(=O)[nH]cc1B(O)O. The van der Waals surface area contributed by atoms with Crippen LogP contribution in [0, 0.1) is 0 Å². The Morgan fingerprint density at radius 3 is 2.75 bits per heavy atom. The predicted molar refractivity (Wildman–Crippen MR) is 43.4 cm³/mol. The van der Waals surface area contributed by atoms with Gasteiger partial charge in [-0.3, -0.25) is 4.79 Å². The van der Waals surface area contributed by atoms with Gasteiger partial charge in [-0.2, -0.15) is 0 Å². The van der Waals surface area contributed by atoms with Gasteiger partial charge < -0.3 is 19.8 Å². The molecular weight excluding hydrogens is 161 g/mol. The zero-order valence-electron chi connectivity index (χ0n) is 6.44. The highest BCUT2D eigenvalue weighted by Gasteiger charge is 2.16. The van der Waals surface area contributed by atoms with Crippen LogP contribution in [0.3, 0.4) is 0 Å². The Morgan fingerprint density at radius 1 is 1.58 bits per heavy atom. The summed E-state index contributed by atoms with van der Waals surface area (Å²) in [6.45, 7) is 0. The van der Waals surface area contributed by atoms with Crippen molar-refractivity contribution in [2.75, 3.05) is 7.11 Å². The summed E-state index contributed by atoms with van der Waals surface area (Å²) in [6, 6.07) is 1.15. The molecule has 0 spiro atoms.